The van der Waals surface area contributed by atoms with Gasteiger partial charge in [-0.3, -0.25) is 4.90 Å². The Balaban J connectivity index is 0.00000220. The largest absolute Gasteiger partial charge is 0.508 e. The standard InChI is InChI=1S/C17H22N2O.ClH/c18-10-12-19(11-9-15-5-2-1-3-6-15)14-16-7-4-8-17(20)13-16;/h1-8,13,20H,9-12,14,18H2;1H. The monoisotopic (exact) mass is 306 g/mol. The fourth-order valence-electron chi connectivity index (χ4n) is 2.30. The summed E-state index contributed by atoms with van der Waals surface area (Å²) in [6.07, 6.45) is 1.01. The predicted octanol–water partition coefficient (Wildman–Crippen LogP) is 2.82. The van der Waals surface area contributed by atoms with Crippen LogP contribution in [-0.2, 0) is 13.0 Å². The number of rotatable bonds is 7. The van der Waals surface area contributed by atoms with E-state index in [9.17, 15) is 5.11 Å². The van der Waals surface area contributed by atoms with Crippen molar-refractivity contribution in [3.63, 3.8) is 0 Å². The van der Waals surface area contributed by atoms with Gasteiger partial charge < -0.3 is 10.8 Å². The normalized spacial score (nSPS) is 10.4. The number of aromatic hydroxyl groups is 1. The molecule has 0 aliphatic rings. The minimum atomic E-state index is 0. The number of phenols is 1. The van der Waals surface area contributed by atoms with Gasteiger partial charge in [-0.1, -0.05) is 42.5 Å². The van der Waals surface area contributed by atoms with Crippen LogP contribution in [0.1, 0.15) is 11.1 Å². The second-order valence-corrected chi connectivity index (χ2v) is 4.97. The fraction of sp³-hybridized carbons (Fsp3) is 0.294. The molecule has 0 aliphatic carbocycles. The van der Waals surface area contributed by atoms with Crippen LogP contribution in [0.2, 0.25) is 0 Å². The SMILES string of the molecule is Cl.NCCN(CCc1ccccc1)Cc1cccc(O)c1. The third kappa shape index (κ3) is 6.17. The van der Waals surface area contributed by atoms with Gasteiger partial charge in [0.15, 0.2) is 0 Å². The highest BCUT2D eigenvalue weighted by Gasteiger charge is 2.06. The van der Waals surface area contributed by atoms with E-state index in [1.54, 1.807) is 6.07 Å². The molecule has 0 amide bonds. The van der Waals surface area contributed by atoms with Gasteiger partial charge in [0.1, 0.15) is 5.75 Å². The van der Waals surface area contributed by atoms with Gasteiger partial charge in [0, 0.05) is 26.2 Å². The van der Waals surface area contributed by atoms with Gasteiger partial charge in [-0.15, -0.1) is 12.4 Å². The first-order valence-electron chi connectivity index (χ1n) is 7.02. The van der Waals surface area contributed by atoms with Crippen molar-refractivity contribution in [2.75, 3.05) is 19.6 Å². The molecule has 0 atom stereocenters. The van der Waals surface area contributed by atoms with E-state index in [1.165, 1.54) is 5.56 Å². The third-order valence-electron chi connectivity index (χ3n) is 3.32. The Morgan fingerprint density at radius 2 is 1.62 bits per heavy atom. The first-order valence-corrected chi connectivity index (χ1v) is 7.02. The number of phenolic OH excluding ortho intramolecular Hbond substituents is 1. The predicted molar refractivity (Wildman–Crippen MR) is 89.8 cm³/mol. The summed E-state index contributed by atoms with van der Waals surface area (Å²) in [5, 5.41) is 9.52. The lowest BCUT2D eigenvalue weighted by Gasteiger charge is -2.21. The van der Waals surface area contributed by atoms with Crippen LogP contribution in [0.5, 0.6) is 5.75 Å². The highest BCUT2D eigenvalue weighted by molar-refractivity contribution is 5.85. The Morgan fingerprint density at radius 3 is 2.29 bits per heavy atom. The van der Waals surface area contributed by atoms with E-state index in [4.69, 9.17) is 5.73 Å². The van der Waals surface area contributed by atoms with E-state index in [0.717, 1.165) is 31.6 Å². The molecule has 0 radical (unpaired) electrons. The molecule has 0 aromatic heterocycles. The first-order chi connectivity index (χ1) is 9.78. The van der Waals surface area contributed by atoms with Crippen LogP contribution in [-0.4, -0.2) is 29.6 Å². The van der Waals surface area contributed by atoms with Crippen LogP contribution in [0.25, 0.3) is 0 Å². The molecule has 2 aromatic carbocycles. The summed E-state index contributed by atoms with van der Waals surface area (Å²) < 4.78 is 0. The molecule has 0 saturated heterocycles. The van der Waals surface area contributed by atoms with Gasteiger partial charge in [-0.05, 0) is 29.7 Å². The summed E-state index contributed by atoms with van der Waals surface area (Å²) in [6.45, 7) is 3.30. The summed E-state index contributed by atoms with van der Waals surface area (Å²) in [6, 6.07) is 17.9. The fourth-order valence-corrected chi connectivity index (χ4v) is 2.30. The van der Waals surface area contributed by atoms with Crippen LogP contribution in [0.3, 0.4) is 0 Å². The number of hydrogen-bond acceptors (Lipinski definition) is 3. The number of nitrogens with zero attached hydrogens (tertiary/aromatic N) is 1. The average Bonchev–Trinajstić information content (AvgIpc) is 2.46. The quantitative estimate of drug-likeness (QED) is 0.827. The van der Waals surface area contributed by atoms with Crippen molar-refractivity contribution in [2.24, 2.45) is 5.73 Å². The smallest absolute Gasteiger partial charge is 0.115 e. The number of nitrogens with two attached hydrogens (primary N) is 1. The van der Waals surface area contributed by atoms with Gasteiger partial charge in [0.2, 0.25) is 0 Å². The van der Waals surface area contributed by atoms with Crippen molar-refractivity contribution in [1.82, 2.24) is 4.90 Å². The van der Waals surface area contributed by atoms with Gasteiger partial charge in [-0.25, -0.2) is 0 Å². The topological polar surface area (TPSA) is 49.5 Å². The Morgan fingerprint density at radius 1 is 0.905 bits per heavy atom. The van der Waals surface area contributed by atoms with E-state index in [0.29, 0.717) is 12.3 Å². The molecular weight excluding hydrogens is 284 g/mol. The Hall–Kier alpha value is -1.55. The summed E-state index contributed by atoms with van der Waals surface area (Å²) in [4.78, 5) is 2.32. The van der Waals surface area contributed by atoms with Crippen LogP contribution in [0.15, 0.2) is 54.6 Å². The zero-order valence-electron chi connectivity index (χ0n) is 12.1. The van der Waals surface area contributed by atoms with Gasteiger partial charge in [0.25, 0.3) is 0 Å². The molecule has 0 saturated carbocycles. The van der Waals surface area contributed by atoms with Crippen LogP contribution >= 0.6 is 12.4 Å². The zero-order chi connectivity index (χ0) is 14.2. The molecule has 0 heterocycles. The molecule has 0 unspecified atom stereocenters. The highest BCUT2D eigenvalue weighted by Crippen LogP contribution is 2.13. The van der Waals surface area contributed by atoms with Crippen molar-refractivity contribution >= 4 is 12.4 Å². The molecule has 2 rings (SSSR count). The van der Waals surface area contributed by atoms with Gasteiger partial charge in [0.05, 0.1) is 0 Å². The molecule has 3 N–H and O–H groups in total. The van der Waals surface area contributed by atoms with Gasteiger partial charge in [-0.2, -0.15) is 0 Å². The van der Waals surface area contributed by atoms with Gasteiger partial charge >= 0.3 is 0 Å². The summed E-state index contributed by atoms with van der Waals surface area (Å²) in [5.41, 5.74) is 8.15. The van der Waals surface area contributed by atoms with Crippen molar-refractivity contribution in [3.8, 4) is 5.75 Å². The third-order valence-corrected chi connectivity index (χ3v) is 3.32. The molecule has 0 aliphatic heterocycles. The Kier molecular flexibility index (Phi) is 7.83. The molecule has 21 heavy (non-hydrogen) atoms. The summed E-state index contributed by atoms with van der Waals surface area (Å²) >= 11 is 0. The molecule has 3 nitrogen and oxygen atoms in total. The number of hydrogen-bond donors (Lipinski definition) is 2. The van der Waals surface area contributed by atoms with E-state index < -0.39 is 0 Å². The van der Waals surface area contributed by atoms with E-state index in [1.807, 2.05) is 24.3 Å². The second kappa shape index (κ2) is 9.40. The molecule has 114 valence electrons. The molecule has 0 fully saturated rings. The summed E-state index contributed by atoms with van der Waals surface area (Å²) in [7, 11) is 0. The van der Waals surface area contributed by atoms with E-state index in [2.05, 4.69) is 29.2 Å². The van der Waals surface area contributed by atoms with Crippen LogP contribution in [0.4, 0.5) is 0 Å². The minimum Gasteiger partial charge on any atom is -0.508 e. The maximum Gasteiger partial charge on any atom is 0.115 e. The first kappa shape index (κ1) is 17.5. The number of benzene rings is 2. The van der Waals surface area contributed by atoms with Crippen molar-refractivity contribution in [3.05, 3.63) is 65.7 Å². The molecule has 4 heteroatoms. The highest BCUT2D eigenvalue weighted by atomic mass is 35.5. The zero-order valence-corrected chi connectivity index (χ0v) is 12.9. The molecule has 0 bridgehead atoms. The molecule has 2 aromatic rings. The average molecular weight is 307 g/mol. The van der Waals surface area contributed by atoms with Crippen molar-refractivity contribution < 1.29 is 5.11 Å². The Bertz CT molecular complexity index is 519. The van der Waals surface area contributed by atoms with Crippen molar-refractivity contribution in [2.45, 2.75) is 13.0 Å². The molecular formula is C17H23ClN2O. The van der Waals surface area contributed by atoms with Crippen LogP contribution < -0.4 is 5.73 Å². The van der Waals surface area contributed by atoms with E-state index >= 15 is 0 Å². The lowest BCUT2D eigenvalue weighted by atomic mass is 10.1. The lowest BCUT2D eigenvalue weighted by Crippen LogP contribution is -2.31. The van der Waals surface area contributed by atoms with Crippen LogP contribution in [0, 0.1) is 0 Å². The lowest BCUT2D eigenvalue weighted by molar-refractivity contribution is 0.276. The minimum absolute atomic E-state index is 0. The number of halogens is 1. The maximum absolute atomic E-state index is 9.52. The summed E-state index contributed by atoms with van der Waals surface area (Å²) in [5.74, 6) is 0.318. The second-order valence-electron chi connectivity index (χ2n) is 4.97. The molecule has 0 spiro atoms. The van der Waals surface area contributed by atoms with Crippen molar-refractivity contribution in [1.29, 1.82) is 0 Å². The maximum atomic E-state index is 9.52. The van der Waals surface area contributed by atoms with E-state index in [-0.39, 0.29) is 12.4 Å². The Labute approximate surface area is 132 Å².